The lowest BCUT2D eigenvalue weighted by Crippen LogP contribution is -2.32. The van der Waals surface area contributed by atoms with E-state index in [1.165, 1.54) is 30.9 Å². The molecule has 2 aromatic carbocycles. The first kappa shape index (κ1) is 29.3. The van der Waals surface area contributed by atoms with Crippen LogP contribution >= 0.6 is 11.3 Å². The maximum absolute atomic E-state index is 13.7. The normalized spacial score (nSPS) is 11.3. The summed E-state index contributed by atoms with van der Waals surface area (Å²) in [5.74, 6) is -1.03. The van der Waals surface area contributed by atoms with E-state index in [0.717, 1.165) is 17.5 Å². The number of ketones is 1. The quantitative estimate of drug-likeness (QED) is 0.298. The standard InChI is InChI=1S/C27H32N2O7S2/c1-19-24(35-2)14-21(15-25(19)36-3)27(32)29(11-7-10-20-8-5-4-6-9-20)16-26-28-22(17-37-26)23(31)18-38(33,34)13-12-30/h4-6,8-9,14-15,17,30H,7,10-13,16,18H2,1-3H3. The van der Waals surface area contributed by atoms with E-state index in [4.69, 9.17) is 14.6 Å². The Bertz CT molecular complexity index is 1330. The number of rotatable bonds is 14. The van der Waals surface area contributed by atoms with Crippen molar-refractivity contribution in [3.63, 3.8) is 0 Å². The van der Waals surface area contributed by atoms with Crippen molar-refractivity contribution in [1.82, 2.24) is 9.88 Å². The molecule has 11 heteroatoms. The Hall–Kier alpha value is -3.28. The minimum atomic E-state index is -3.72. The van der Waals surface area contributed by atoms with Crippen molar-refractivity contribution in [2.75, 3.05) is 38.9 Å². The summed E-state index contributed by atoms with van der Waals surface area (Å²) < 4.78 is 34.7. The first-order chi connectivity index (χ1) is 18.2. The van der Waals surface area contributed by atoms with Crippen molar-refractivity contribution < 1.29 is 32.6 Å². The monoisotopic (exact) mass is 560 g/mol. The maximum Gasteiger partial charge on any atom is 0.254 e. The second kappa shape index (κ2) is 13.5. The van der Waals surface area contributed by atoms with Gasteiger partial charge in [0.15, 0.2) is 15.6 Å². The van der Waals surface area contributed by atoms with E-state index in [9.17, 15) is 18.0 Å². The summed E-state index contributed by atoms with van der Waals surface area (Å²) in [5, 5.41) is 10.9. The Morgan fingerprint density at radius 3 is 2.34 bits per heavy atom. The van der Waals surface area contributed by atoms with Crippen LogP contribution in [0, 0.1) is 6.92 Å². The lowest BCUT2D eigenvalue weighted by molar-refractivity contribution is 0.0740. The minimum Gasteiger partial charge on any atom is -0.496 e. The van der Waals surface area contributed by atoms with Crippen molar-refractivity contribution in [1.29, 1.82) is 0 Å². The highest BCUT2D eigenvalue weighted by molar-refractivity contribution is 7.92. The fraction of sp³-hybridized carbons (Fsp3) is 0.370. The van der Waals surface area contributed by atoms with Gasteiger partial charge in [0.2, 0.25) is 0 Å². The molecule has 1 N–H and O–H groups in total. The molecule has 1 amide bonds. The van der Waals surface area contributed by atoms with Crippen LogP contribution in [0.25, 0.3) is 0 Å². The number of hydrogen-bond donors (Lipinski definition) is 1. The number of nitrogens with zero attached hydrogens (tertiary/aromatic N) is 2. The third-order valence-electron chi connectivity index (χ3n) is 5.94. The van der Waals surface area contributed by atoms with Crippen LogP contribution in [0.4, 0.5) is 0 Å². The number of sulfone groups is 1. The molecule has 0 saturated heterocycles. The average molecular weight is 561 g/mol. The molecule has 0 spiro atoms. The van der Waals surface area contributed by atoms with Gasteiger partial charge >= 0.3 is 0 Å². The van der Waals surface area contributed by atoms with Crippen molar-refractivity contribution in [2.24, 2.45) is 0 Å². The van der Waals surface area contributed by atoms with Gasteiger partial charge in [-0.2, -0.15) is 0 Å². The Labute approximate surface area is 227 Å². The summed E-state index contributed by atoms with van der Waals surface area (Å²) in [6.07, 6.45) is 1.47. The van der Waals surface area contributed by atoms with Crippen molar-refractivity contribution in [3.8, 4) is 11.5 Å². The Morgan fingerprint density at radius 1 is 1.08 bits per heavy atom. The number of Topliss-reactive ketones (excluding diaryl/α,β-unsaturated/α-hetero) is 1. The van der Waals surface area contributed by atoms with E-state index < -0.39 is 33.7 Å². The lowest BCUT2D eigenvalue weighted by atomic mass is 10.1. The Morgan fingerprint density at radius 2 is 1.74 bits per heavy atom. The molecule has 0 fully saturated rings. The molecule has 0 unspecified atom stereocenters. The molecule has 38 heavy (non-hydrogen) atoms. The van der Waals surface area contributed by atoms with Gasteiger partial charge in [-0.15, -0.1) is 11.3 Å². The van der Waals surface area contributed by atoms with Gasteiger partial charge < -0.3 is 19.5 Å². The van der Waals surface area contributed by atoms with Crippen molar-refractivity contribution in [2.45, 2.75) is 26.3 Å². The summed E-state index contributed by atoms with van der Waals surface area (Å²) in [6.45, 7) is 1.87. The zero-order chi connectivity index (χ0) is 27.7. The number of carbonyl (C=O) groups is 2. The zero-order valence-corrected chi connectivity index (χ0v) is 23.3. The highest BCUT2D eigenvalue weighted by Crippen LogP contribution is 2.30. The second-order valence-corrected chi connectivity index (χ2v) is 11.8. The smallest absolute Gasteiger partial charge is 0.254 e. The third kappa shape index (κ3) is 7.86. The topological polar surface area (TPSA) is 123 Å². The first-order valence-corrected chi connectivity index (χ1v) is 14.7. The van der Waals surface area contributed by atoms with Gasteiger partial charge in [0.05, 0.1) is 33.1 Å². The first-order valence-electron chi connectivity index (χ1n) is 12.0. The van der Waals surface area contributed by atoms with Crippen LogP contribution in [0.3, 0.4) is 0 Å². The third-order valence-corrected chi connectivity index (χ3v) is 8.28. The number of methoxy groups -OCH3 is 2. The van der Waals surface area contributed by atoms with Crippen LogP contribution in [0.5, 0.6) is 11.5 Å². The zero-order valence-electron chi connectivity index (χ0n) is 21.7. The molecule has 0 atom stereocenters. The number of benzene rings is 2. The number of aliphatic hydroxyl groups is 1. The largest absolute Gasteiger partial charge is 0.496 e. The molecule has 1 aromatic heterocycles. The van der Waals surface area contributed by atoms with Crippen LogP contribution in [0.15, 0.2) is 47.8 Å². The lowest BCUT2D eigenvalue weighted by Gasteiger charge is -2.23. The van der Waals surface area contributed by atoms with Gasteiger partial charge in [0.25, 0.3) is 5.91 Å². The van der Waals surface area contributed by atoms with E-state index in [1.807, 2.05) is 37.3 Å². The number of ether oxygens (including phenoxy) is 2. The van der Waals surface area contributed by atoms with Crippen LogP contribution in [0.2, 0.25) is 0 Å². The number of aliphatic hydroxyl groups excluding tert-OH is 1. The fourth-order valence-electron chi connectivity index (χ4n) is 3.92. The average Bonchev–Trinajstić information content (AvgIpc) is 3.37. The number of amides is 1. The van der Waals surface area contributed by atoms with Gasteiger partial charge in [-0.3, -0.25) is 9.59 Å². The molecule has 0 aliphatic heterocycles. The molecule has 0 bridgehead atoms. The molecule has 0 radical (unpaired) electrons. The number of aromatic nitrogens is 1. The molecule has 0 aliphatic rings. The fourth-order valence-corrected chi connectivity index (χ4v) is 5.71. The van der Waals surface area contributed by atoms with E-state index in [1.54, 1.807) is 17.0 Å². The Balaban J connectivity index is 1.83. The van der Waals surface area contributed by atoms with Crippen molar-refractivity contribution >= 4 is 32.9 Å². The summed E-state index contributed by atoms with van der Waals surface area (Å²) in [7, 11) is -0.660. The van der Waals surface area contributed by atoms with E-state index in [-0.39, 0.29) is 18.1 Å². The summed E-state index contributed by atoms with van der Waals surface area (Å²) in [4.78, 5) is 32.1. The molecule has 1 heterocycles. The molecular weight excluding hydrogens is 528 g/mol. The van der Waals surface area contributed by atoms with Gasteiger partial charge in [-0.1, -0.05) is 30.3 Å². The second-order valence-electron chi connectivity index (χ2n) is 8.69. The molecule has 204 valence electrons. The molecule has 0 aliphatic carbocycles. The van der Waals surface area contributed by atoms with E-state index in [0.29, 0.717) is 35.0 Å². The summed E-state index contributed by atoms with van der Waals surface area (Å²) >= 11 is 1.19. The van der Waals surface area contributed by atoms with E-state index >= 15 is 0 Å². The molecular formula is C27H32N2O7S2. The predicted octanol–water partition coefficient (Wildman–Crippen LogP) is 3.33. The van der Waals surface area contributed by atoms with Crippen LogP contribution < -0.4 is 9.47 Å². The molecule has 9 nitrogen and oxygen atoms in total. The number of carbonyl (C=O) groups excluding carboxylic acids is 2. The SMILES string of the molecule is COc1cc(C(=O)N(CCCc2ccccc2)Cc2nc(C(=O)CS(=O)(=O)CCO)cs2)cc(OC)c1C. The van der Waals surface area contributed by atoms with Crippen LogP contribution in [0.1, 0.15) is 43.4 Å². The van der Waals surface area contributed by atoms with Crippen molar-refractivity contribution in [3.05, 3.63) is 75.2 Å². The predicted molar refractivity (Wildman–Crippen MR) is 146 cm³/mol. The molecule has 3 rings (SSSR count). The van der Waals surface area contributed by atoms with Crippen LogP contribution in [-0.2, 0) is 22.8 Å². The summed E-state index contributed by atoms with van der Waals surface area (Å²) in [5.41, 5.74) is 2.36. The van der Waals surface area contributed by atoms with Crippen LogP contribution in [-0.4, -0.2) is 74.0 Å². The highest BCUT2D eigenvalue weighted by atomic mass is 32.2. The Kier molecular flexibility index (Phi) is 10.4. The number of aryl methyl sites for hydroxylation is 1. The van der Waals surface area contributed by atoms with Gasteiger partial charge in [0, 0.05) is 23.1 Å². The molecule has 0 saturated carbocycles. The maximum atomic E-state index is 13.7. The summed E-state index contributed by atoms with van der Waals surface area (Å²) in [6, 6.07) is 13.3. The minimum absolute atomic E-state index is 0.0295. The highest BCUT2D eigenvalue weighted by Gasteiger charge is 2.23. The van der Waals surface area contributed by atoms with Gasteiger partial charge in [0.1, 0.15) is 28.0 Å². The number of thiazole rings is 1. The van der Waals surface area contributed by atoms with Gasteiger partial charge in [-0.25, -0.2) is 13.4 Å². The molecule has 3 aromatic rings. The van der Waals surface area contributed by atoms with E-state index in [2.05, 4.69) is 4.98 Å². The van der Waals surface area contributed by atoms with Gasteiger partial charge in [-0.05, 0) is 37.5 Å². The number of hydrogen-bond acceptors (Lipinski definition) is 9.